The minimum Gasteiger partial charge on any atom is -0.314 e. The predicted octanol–water partition coefficient (Wildman–Crippen LogP) is 2.44. The standard InChI is InChI=1S/C23H30N8/c1-4-21(29-25-5-2)28-23-27-20(14-22-26-17(3)15-31(22)23)19-8-6-7-18(13-19)16-30-11-9-24-10-12-30/h4,6-8,13-15,24-25H,1,5,9-12,16H2,2-3H3,(H,27,28,29). The van der Waals surface area contributed by atoms with Gasteiger partial charge in [0.2, 0.25) is 5.95 Å². The molecule has 0 atom stereocenters. The molecule has 3 aromatic rings. The number of nitrogens with one attached hydrogen (secondary N) is 3. The Morgan fingerprint density at radius 2 is 2.10 bits per heavy atom. The molecular formula is C23H30N8. The summed E-state index contributed by atoms with van der Waals surface area (Å²) in [5.74, 6) is 1.16. The number of nitrogens with zero attached hydrogens (tertiary/aromatic N) is 5. The van der Waals surface area contributed by atoms with E-state index in [2.05, 4.69) is 61.9 Å². The second-order valence-corrected chi connectivity index (χ2v) is 7.63. The van der Waals surface area contributed by atoms with Crippen molar-refractivity contribution in [3.05, 3.63) is 60.4 Å². The highest BCUT2D eigenvalue weighted by Gasteiger charge is 2.13. The molecule has 8 heteroatoms. The SMILES string of the molecule is C=C/C(=N\c1nc(-c2cccc(CN3CCNCC3)c2)cc2nc(C)cn12)NNCC. The lowest BCUT2D eigenvalue weighted by atomic mass is 10.1. The third kappa shape index (κ3) is 5.16. The summed E-state index contributed by atoms with van der Waals surface area (Å²) in [5, 5.41) is 3.41. The van der Waals surface area contributed by atoms with E-state index in [-0.39, 0.29) is 0 Å². The van der Waals surface area contributed by atoms with Gasteiger partial charge in [-0.05, 0) is 24.6 Å². The van der Waals surface area contributed by atoms with Gasteiger partial charge >= 0.3 is 0 Å². The highest BCUT2D eigenvalue weighted by Crippen LogP contribution is 2.25. The van der Waals surface area contributed by atoms with Crippen LogP contribution in [-0.4, -0.2) is 57.8 Å². The number of fused-ring (bicyclic) bond motifs is 1. The van der Waals surface area contributed by atoms with E-state index < -0.39 is 0 Å². The number of hydrogen-bond acceptors (Lipinski definition) is 6. The van der Waals surface area contributed by atoms with Gasteiger partial charge in [-0.2, -0.15) is 4.99 Å². The molecule has 1 aliphatic rings. The highest BCUT2D eigenvalue weighted by molar-refractivity contribution is 5.93. The van der Waals surface area contributed by atoms with Gasteiger partial charge in [-0.3, -0.25) is 9.30 Å². The Bertz CT molecular complexity index is 1080. The molecule has 1 fully saturated rings. The van der Waals surface area contributed by atoms with Crippen molar-refractivity contribution in [3.8, 4) is 11.3 Å². The Morgan fingerprint density at radius 3 is 2.87 bits per heavy atom. The number of aliphatic imine (C=N–C) groups is 1. The first-order valence-corrected chi connectivity index (χ1v) is 10.8. The van der Waals surface area contributed by atoms with Crippen molar-refractivity contribution in [3.63, 3.8) is 0 Å². The summed E-state index contributed by atoms with van der Waals surface area (Å²) in [4.78, 5) is 16.7. The van der Waals surface area contributed by atoms with Gasteiger partial charge in [0.1, 0.15) is 11.5 Å². The summed E-state index contributed by atoms with van der Waals surface area (Å²) >= 11 is 0. The normalized spacial score (nSPS) is 15.4. The zero-order chi connectivity index (χ0) is 21.6. The van der Waals surface area contributed by atoms with Crippen LogP contribution in [0.1, 0.15) is 18.2 Å². The van der Waals surface area contributed by atoms with Crippen LogP contribution in [0, 0.1) is 6.92 Å². The van der Waals surface area contributed by atoms with E-state index in [4.69, 9.17) is 4.98 Å². The number of imidazole rings is 1. The van der Waals surface area contributed by atoms with Crippen LogP contribution in [-0.2, 0) is 6.54 Å². The first kappa shape index (κ1) is 21.2. The fourth-order valence-corrected chi connectivity index (χ4v) is 3.69. The summed E-state index contributed by atoms with van der Waals surface area (Å²) in [5.41, 5.74) is 11.0. The summed E-state index contributed by atoms with van der Waals surface area (Å²) < 4.78 is 1.90. The van der Waals surface area contributed by atoms with E-state index in [1.807, 2.05) is 30.5 Å². The molecular weight excluding hydrogens is 388 g/mol. The molecule has 0 spiro atoms. The van der Waals surface area contributed by atoms with Crippen LogP contribution in [0.25, 0.3) is 16.9 Å². The molecule has 8 nitrogen and oxygen atoms in total. The molecule has 3 N–H and O–H groups in total. The minimum atomic E-state index is 0.556. The van der Waals surface area contributed by atoms with E-state index in [1.54, 1.807) is 6.08 Å². The Kier molecular flexibility index (Phi) is 6.71. The lowest BCUT2D eigenvalue weighted by molar-refractivity contribution is 0.233. The van der Waals surface area contributed by atoms with E-state index in [1.165, 1.54) is 5.56 Å². The number of amidine groups is 1. The van der Waals surface area contributed by atoms with Crippen molar-refractivity contribution < 1.29 is 0 Å². The van der Waals surface area contributed by atoms with Gasteiger partial charge in [0, 0.05) is 57.1 Å². The molecule has 4 rings (SSSR count). The second-order valence-electron chi connectivity index (χ2n) is 7.63. The van der Waals surface area contributed by atoms with Crippen molar-refractivity contribution in [1.82, 2.24) is 35.4 Å². The Hall–Kier alpha value is -3.07. The molecule has 31 heavy (non-hydrogen) atoms. The van der Waals surface area contributed by atoms with Gasteiger partial charge in [-0.15, -0.1) is 0 Å². The van der Waals surface area contributed by atoms with Crippen LogP contribution < -0.4 is 16.2 Å². The molecule has 0 radical (unpaired) electrons. The number of hydrogen-bond donors (Lipinski definition) is 3. The largest absolute Gasteiger partial charge is 0.314 e. The van der Waals surface area contributed by atoms with Crippen molar-refractivity contribution in [1.29, 1.82) is 0 Å². The van der Waals surface area contributed by atoms with Crippen LogP contribution in [0.2, 0.25) is 0 Å². The smallest absolute Gasteiger partial charge is 0.237 e. The number of aryl methyl sites for hydroxylation is 1. The number of benzene rings is 1. The number of rotatable bonds is 7. The Labute approximate surface area is 183 Å². The number of aromatic nitrogens is 3. The fraction of sp³-hybridized carbons (Fsp3) is 0.348. The predicted molar refractivity (Wildman–Crippen MR) is 125 cm³/mol. The maximum absolute atomic E-state index is 4.86. The lowest BCUT2D eigenvalue weighted by Crippen LogP contribution is -2.42. The molecule has 2 aromatic heterocycles. The van der Waals surface area contributed by atoms with Crippen LogP contribution in [0.5, 0.6) is 0 Å². The van der Waals surface area contributed by atoms with Crippen LogP contribution in [0.4, 0.5) is 5.95 Å². The Balaban J connectivity index is 1.70. The van der Waals surface area contributed by atoms with Crippen LogP contribution in [0.15, 0.2) is 54.2 Å². The van der Waals surface area contributed by atoms with Crippen LogP contribution in [0.3, 0.4) is 0 Å². The molecule has 1 aliphatic heterocycles. The first-order chi connectivity index (χ1) is 15.2. The van der Waals surface area contributed by atoms with E-state index in [0.29, 0.717) is 11.8 Å². The van der Waals surface area contributed by atoms with E-state index in [0.717, 1.165) is 61.9 Å². The third-order valence-corrected chi connectivity index (χ3v) is 5.20. The molecule has 0 aliphatic carbocycles. The quantitative estimate of drug-likeness (QED) is 0.311. The molecule has 0 saturated carbocycles. The average molecular weight is 419 g/mol. The average Bonchev–Trinajstić information content (AvgIpc) is 3.17. The monoisotopic (exact) mass is 418 g/mol. The van der Waals surface area contributed by atoms with E-state index in [9.17, 15) is 0 Å². The summed E-state index contributed by atoms with van der Waals surface area (Å²) in [6.45, 7) is 13.8. The molecule has 3 heterocycles. The van der Waals surface area contributed by atoms with Gasteiger partial charge < -0.3 is 10.7 Å². The van der Waals surface area contributed by atoms with Gasteiger partial charge in [-0.1, -0.05) is 31.7 Å². The van der Waals surface area contributed by atoms with E-state index >= 15 is 0 Å². The molecule has 0 amide bonds. The van der Waals surface area contributed by atoms with Gasteiger partial charge in [0.15, 0.2) is 0 Å². The molecule has 0 bridgehead atoms. The molecule has 1 aromatic carbocycles. The van der Waals surface area contributed by atoms with Gasteiger partial charge in [-0.25, -0.2) is 15.4 Å². The molecule has 0 unspecified atom stereocenters. The topological polar surface area (TPSA) is 81.9 Å². The Morgan fingerprint density at radius 1 is 1.26 bits per heavy atom. The summed E-state index contributed by atoms with van der Waals surface area (Å²) in [6, 6.07) is 10.6. The second kappa shape index (κ2) is 9.82. The molecule has 1 saturated heterocycles. The van der Waals surface area contributed by atoms with Crippen molar-refractivity contribution in [2.75, 3.05) is 32.7 Å². The minimum absolute atomic E-state index is 0.556. The van der Waals surface area contributed by atoms with Crippen molar-refractivity contribution in [2.24, 2.45) is 4.99 Å². The zero-order valence-corrected chi connectivity index (χ0v) is 18.2. The lowest BCUT2D eigenvalue weighted by Gasteiger charge is -2.27. The third-order valence-electron chi connectivity index (χ3n) is 5.20. The summed E-state index contributed by atoms with van der Waals surface area (Å²) in [7, 11) is 0. The highest BCUT2D eigenvalue weighted by atomic mass is 15.4. The van der Waals surface area contributed by atoms with Crippen molar-refractivity contribution >= 4 is 17.4 Å². The fourth-order valence-electron chi connectivity index (χ4n) is 3.69. The van der Waals surface area contributed by atoms with Gasteiger partial charge in [0.05, 0.1) is 11.4 Å². The number of piperazine rings is 1. The zero-order valence-electron chi connectivity index (χ0n) is 18.2. The number of hydrazine groups is 1. The van der Waals surface area contributed by atoms with Gasteiger partial charge in [0.25, 0.3) is 0 Å². The van der Waals surface area contributed by atoms with Crippen molar-refractivity contribution in [2.45, 2.75) is 20.4 Å². The maximum atomic E-state index is 4.86. The first-order valence-electron chi connectivity index (χ1n) is 10.8. The molecule has 162 valence electrons. The maximum Gasteiger partial charge on any atom is 0.237 e. The summed E-state index contributed by atoms with van der Waals surface area (Å²) in [6.07, 6.45) is 3.61. The van der Waals surface area contributed by atoms with Crippen LogP contribution >= 0.6 is 0 Å².